The molecule has 3 heterocycles. The van der Waals surface area contributed by atoms with Gasteiger partial charge in [0.05, 0.1) is 5.69 Å². The number of carbonyl (C=O) groups excluding carboxylic acids is 2. The zero-order valence-corrected chi connectivity index (χ0v) is 16.4. The summed E-state index contributed by atoms with van der Waals surface area (Å²) < 4.78 is 19.7. The predicted octanol–water partition coefficient (Wildman–Crippen LogP) is 1.83. The number of amides is 2. The summed E-state index contributed by atoms with van der Waals surface area (Å²) in [5.41, 5.74) is 1.82. The van der Waals surface area contributed by atoms with Crippen LogP contribution in [0.5, 0.6) is 0 Å². The van der Waals surface area contributed by atoms with Crippen LogP contribution in [-0.4, -0.2) is 40.0 Å². The van der Waals surface area contributed by atoms with Crippen LogP contribution < -0.4 is 10.9 Å². The molecule has 0 aliphatic carbocycles. The van der Waals surface area contributed by atoms with E-state index < -0.39 is 17.3 Å². The molecule has 1 N–H and O–H groups in total. The second-order valence-electron chi connectivity index (χ2n) is 7.05. The topological polar surface area (TPSA) is 97.4 Å². The first kappa shape index (κ1) is 19.6. The lowest BCUT2D eigenvalue weighted by Gasteiger charge is -2.29. The highest BCUT2D eigenvalue weighted by Gasteiger charge is 2.29. The van der Waals surface area contributed by atoms with Gasteiger partial charge in [-0.15, -0.1) is 0 Å². The van der Waals surface area contributed by atoms with E-state index in [1.807, 2.05) is 0 Å². The lowest BCUT2D eigenvalue weighted by molar-refractivity contribution is 0.0691. The minimum absolute atomic E-state index is 0.0296. The highest BCUT2D eigenvalue weighted by Crippen LogP contribution is 2.23. The van der Waals surface area contributed by atoms with Crippen molar-refractivity contribution in [2.45, 2.75) is 19.9 Å². The number of halogens is 1. The van der Waals surface area contributed by atoms with Crippen molar-refractivity contribution in [3.8, 4) is 5.69 Å². The number of hydrogen-bond donors (Lipinski definition) is 1. The van der Waals surface area contributed by atoms with E-state index in [2.05, 4.69) is 10.5 Å². The average Bonchev–Trinajstić information content (AvgIpc) is 3.19. The monoisotopic (exact) mass is 410 g/mol. The summed E-state index contributed by atoms with van der Waals surface area (Å²) in [7, 11) is 1.45. The van der Waals surface area contributed by atoms with Crippen LogP contribution in [0.4, 0.5) is 4.39 Å². The molecule has 2 aromatic heterocycles. The minimum Gasteiger partial charge on any atom is -0.355 e. The molecule has 0 saturated heterocycles. The fourth-order valence-corrected chi connectivity index (χ4v) is 3.60. The molecular formula is C21H19FN4O4. The summed E-state index contributed by atoms with van der Waals surface area (Å²) in [6.45, 7) is 2.25. The van der Waals surface area contributed by atoms with Crippen molar-refractivity contribution in [3.05, 3.63) is 80.8 Å². The number of carbonyl (C=O) groups is 2. The lowest BCUT2D eigenvalue weighted by Crippen LogP contribution is -2.40. The van der Waals surface area contributed by atoms with E-state index in [1.165, 1.54) is 35.9 Å². The van der Waals surface area contributed by atoms with Gasteiger partial charge >= 0.3 is 0 Å². The van der Waals surface area contributed by atoms with Gasteiger partial charge in [-0.25, -0.2) is 4.39 Å². The van der Waals surface area contributed by atoms with Crippen molar-refractivity contribution in [3.63, 3.8) is 0 Å². The molecule has 8 nitrogen and oxygen atoms in total. The summed E-state index contributed by atoms with van der Waals surface area (Å²) in [5, 5.41) is 6.25. The maximum atomic E-state index is 13.3. The number of hydrogen-bond acceptors (Lipinski definition) is 5. The zero-order chi connectivity index (χ0) is 21.4. The van der Waals surface area contributed by atoms with Gasteiger partial charge in [-0.05, 0) is 48.7 Å². The van der Waals surface area contributed by atoms with Crippen molar-refractivity contribution in [1.29, 1.82) is 0 Å². The fourth-order valence-electron chi connectivity index (χ4n) is 3.60. The van der Waals surface area contributed by atoms with Crippen LogP contribution in [0.2, 0.25) is 0 Å². The van der Waals surface area contributed by atoms with Crippen molar-refractivity contribution in [2.24, 2.45) is 0 Å². The molecule has 0 radical (unpaired) electrons. The molecule has 0 atom stereocenters. The Morgan fingerprint density at radius 1 is 1.23 bits per heavy atom. The smallest absolute Gasteiger partial charge is 0.292 e. The molecule has 1 aliphatic heterocycles. The number of benzene rings is 1. The van der Waals surface area contributed by atoms with E-state index in [4.69, 9.17) is 4.52 Å². The largest absolute Gasteiger partial charge is 0.355 e. The Balaban J connectivity index is 1.80. The molecule has 154 valence electrons. The number of aromatic nitrogens is 2. The van der Waals surface area contributed by atoms with Gasteiger partial charge in [0.25, 0.3) is 17.4 Å². The fraction of sp³-hybridized carbons (Fsp3) is 0.238. The highest BCUT2D eigenvalue weighted by atomic mass is 19.1. The van der Waals surface area contributed by atoms with Gasteiger partial charge in [-0.1, -0.05) is 5.16 Å². The van der Waals surface area contributed by atoms with Crippen molar-refractivity contribution >= 4 is 11.8 Å². The molecule has 1 aromatic carbocycles. The molecule has 1 aliphatic rings. The Morgan fingerprint density at radius 2 is 1.97 bits per heavy atom. The third-order valence-electron chi connectivity index (χ3n) is 5.08. The molecule has 9 heteroatoms. The zero-order valence-electron chi connectivity index (χ0n) is 16.4. The Hall–Kier alpha value is -3.75. The Bertz CT molecular complexity index is 1200. The van der Waals surface area contributed by atoms with Crippen LogP contribution >= 0.6 is 0 Å². The average molecular weight is 410 g/mol. The minimum atomic E-state index is -0.502. The maximum Gasteiger partial charge on any atom is 0.292 e. The molecule has 0 fully saturated rings. The number of pyridine rings is 1. The van der Waals surface area contributed by atoms with Crippen molar-refractivity contribution in [2.75, 3.05) is 13.6 Å². The summed E-state index contributed by atoms with van der Waals surface area (Å²) in [4.78, 5) is 39.9. The molecular weight excluding hydrogens is 391 g/mol. The Kier molecular flexibility index (Phi) is 4.94. The SMILES string of the molecule is CNC(=O)c1c2c(cn(-c3ccc(F)cc3)c1=O)CN(C(=O)c1cc(C)no1)CC2. The molecule has 0 spiro atoms. The summed E-state index contributed by atoms with van der Waals surface area (Å²) >= 11 is 0. The van der Waals surface area contributed by atoms with Crippen LogP contribution in [0.25, 0.3) is 5.69 Å². The van der Waals surface area contributed by atoms with Gasteiger partial charge in [0, 0.05) is 38.1 Å². The summed E-state index contributed by atoms with van der Waals surface area (Å²) in [5.74, 6) is -1.12. The first-order chi connectivity index (χ1) is 14.4. The van der Waals surface area contributed by atoms with E-state index in [0.717, 1.165) is 0 Å². The highest BCUT2D eigenvalue weighted by molar-refractivity contribution is 5.96. The van der Waals surface area contributed by atoms with E-state index in [1.54, 1.807) is 24.1 Å². The van der Waals surface area contributed by atoms with Crippen LogP contribution in [0.3, 0.4) is 0 Å². The lowest BCUT2D eigenvalue weighted by atomic mass is 9.95. The van der Waals surface area contributed by atoms with Gasteiger partial charge < -0.3 is 14.7 Å². The standard InChI is InChI=1S/C21H19FN4O4/c1-12-9-17(30-24-12)20(28)25-8-7-16-13(10-25)11-26(15-5-3-14(22)4-6-15)21(29)18(16)19(27)23-2/h3-6,9,11H,7-8,10H2,1-2H3,(H,23,27). The quantitative estimate of drug-likeness (QED) is 0.711. The van der Waals surface area contributed by atoms with Crippen LogP contribution in [0.1, 0.15) is 37.7 Å². The molecule has 2 amide bonds. The van der Waals surface area contributed by atoms with E-state index in [9.17, 15) is 18.8 Å². The van der Waals surface area contributed by atoms with E-state index in [-0.39, 0.29) is 23.8 Å². The third-order valence-corrected chi connectivity index (χ3v) is 5.08. The summed E-state index contributed by atoms with van der Waals surface area (Å²) in [6, 6.07) is 6.96. The normalized spacial score (nSPS) is 13.1. The number of nitrogens with zero attached hydrogens (tertiary/aromatic N) is 3. The third kappa shape index (κ3) is 3.38. The van der Waals surface area contributed by atoms with Crippen LogP contribution in [-0.2, 0) is 13.0 Å². The second-order valence-corrected chi connectivity index (χ2v) is 7.05. The van der Waals surface area contributed by atoms with Crippen LogP contribution in [0.15, 0.2) is 45.8 Å². The number of aryl methyl sites for hydroxylation is 1. The van der Waals surface area contributed by atoms with Crippen LogP contribution in [0, 0.1) is 12.7 Å². The molecule has 0 saturated carbocycles. The Labute approximate surface area is 170 Å². The predicted molar refractivity (Wildman–Crippen MR) is 105 cm³/mol. The molecule has 0 unspecified atom stereocenters. The number of nitrogens with one attached hydrogen (secondary N) is 1. The van der Waals surface area contributed by atoms with Gasteiger partial charge in [-0.3, -0.25) is 19.0 Å². The van der Waals surface area contributed by atoms with E-state index >= 15 is 0 Å². The Morgan fingerprint density at radius 3 is 2.60 bits per heavy atom. The molecule has 4 rings (SSSR count). The molecule has 30 heavy (non-hydrogen) atoms. The summed E-state index contributed by atoms with van der Waals surface area (Å²) in [6.07, 6.45) is 1.94. The van der Waals surface area contributed by atoms with Gasteiger partial charge in [-0.2, -0.15) is 0 Å². The van der Waals surface area contributed by atoms with Crippen molar-refractivity contribution in [1.82, 2.24) is 19.9 Å². The molecule has 0 bridgehead atoms. The van der Waals surface area contributed by atoms with E-state index in [0.29, 0.717) is 35.5 Å². The van der Waals surface area contributed by atoms with Gasteiger partial charge in [0.2, 0.25) is 5.76 Å². The molecule has 3 aromatic rings. The first-order valence-electron chi connectivity index (χ1n) is 9.37. The van der Waals surface area contributed by atoms with Gasteiger partial charge in [0.15, 0.2) is 0 Å². The van der Waals surface area contributed by atoms with Gasteiger partial charge in [0.1, 0.15) is 11.4 Å². The maximum absolute atomic E-state index is 13.3. The first-order valence-corrected chi connectivity index (χ1v) is 9.37. The van der Waals surface area contributed by atoms with Crippen molar-refractivity contribution < 1.29 is 18.5 Å². The number of fused-ring (bicyclic) bond motifs is 1. The number of rotatable bonds is 3. The second kappa shape index (κ2) is 7.58.